The van der Waals surface area contributed by atoms with E-state index in [1.807, 2.05) is 0 Å². The van der Waals surface area contributed by atoms with Crippen LogP contribution in [0.15, 0.2) is 5.16 Å². The van der Waals surface area contributed by atoms with Crippen molar-refractivity contribution in [3.05, 3.63) is 5.82 Å². The first-order valence-corrected chi connectivity index (χ1v) is 5.61. The van der Waals surface area contributed by atoms with Gasteiger partial charge in [-0.25, -0.2) is 0 Å². The fourth-order valence-corrected chi connectivity index (χ4v) is 2.14. The van der Waals surface area contributed by atoms with Crippen molar-refractivity contribution in [1.29, 1.82) is 5.41 Å². The molecule has 1 rings (SSSR count). The second-order valence-electron chi connectivity index (χ2n) is 3.45. The van der Waals surface area contributed by atoms with E-state index in [0.717, 1.165) is 11.8 Å². The quantitative estimate of drug-likeness (QED) is 0.490. The van der Waals surface area contributed by atoms with Crippen LogP contribution in [-0.2, 0) is 7.05 Å². The summed E-state index contributed by atoms with van der Waals surface area (Å²) in [6, 6.07) is 0. The van der Waals surface area contributed by atoms with Gasteiger partial charge in [-0.05, 0) is 6.92 Å². The Kier molecular flexibility index (Phi) is 4.02. The number of nitrogens with zero attached hydrogens (tertiary/aromatic N) is 3. The second-order valence-corrected chi connectivity index (χ2v) is 4.44. The molecular formula is C8H12F3N5S. The Morgan fingerprint density at radius 2 is 2.12 bits per heavy atom. The van der Waals surface area contributed by atoms with Crippen LogP contribution in [0.4, 0.5) is 13.2 Å². The lowest BCUT2D eigenvalue weighted by atomic mass is 10.1. The number of thioether (sulfide) groups is 1. The van der Waals surface area contributed by atoms with E-state index in [1.54, 1.807) is 18.5 Å². The molecule has 1 aromatic rings. The zero-order chi connectivity index (χ0) is 13.2. The van der Waals surface area contributed by atoms with E-state index in [4.69, 9.17) is 11.1 Å². The fraction of sp³-hybridized carbons (Fsp3) is 0.625. The number of aromatic nitrogens is 3. The van der Waals surface area contributed by atoms with Gasteiger partial charge in [0.05, 0.1) is 0 Å². The van der Waals surface area contributed by atoms with Gasteiger partial charge in [0.25, 0.3) is 0 Å². The molecule has 0 fully saturated rings. The minimum Gasteiger partial charge on any atom is -0.387 e. The van der Waals surface area contributed by atoms with Crippen molar-refractivity contribution in [3.8, 4) is 0 Å². The molecule has 1 unspecified atom stereocenters. The van der Waals surface area contributed by atoms with Crippen LogP contribution >= 0.6 is 11.8 Å². The maximum absolute atomic E-state index is 12.5. The highest BCUT2D eigenvalue weighted by molar-refractivity contribution is 7.99. The van der Waals surface area contributed by atoms with Crippen LogP contribution in [-0.4, -0.2) is 32.5 Å². The smallest absolute Gasteiger partial charge is 0.387 e. The average Bonchev–Trinajstić information content (AvgIpc) is 2.47. The van der Waals surface area contributed by atoms with Crippen molar-refractivity contribution in [3.63, 3.8) is 0 Å². The molecule has 0 amide bonds. The van der Waals surface area contributed by atoms with Crippen LogP contribution in [0.2, 0.25) is 0 Å². The van der Waals surface area contributed by atoms with Crippen LogP contribution in [0.3, 0.4) is 0 Å². The Labute approximate surface area is 100 Å². The molecule has 0 aliphatic rings. The summed E-state index contributed by atoms with van der Waals surface area (Å²) in [6.45, 7) is 1.70. The summed E-state index contributed by atoms with van der Waals surface area (Å²) in [5.74, 6) is -2.60. The molecule has 1 atom stereocenters. The average molecular weight is 267 g/mol. The van der Waals surface area contributed by atoms with Gasteiger partial charge in [-0.1, -0.05) is 11.8 Å². The second kappa shape index (κ2) is 4.94. The molecule has 0 saturated carbocycles. The van der Waals surface area contributed by atoms with Crippen LogP contribution in [0.1, 0.15) is 5.82 Å². The molecule has 0 aliphatic carbocycles. The van der Waals surface area contributed by atoms with Crippen molar-refractivity contribution in [2.75, 3.05) is 5.75 Å². The van der Waals surface area contributed by atoms with Gasteiger partial charge in [-0.2, -0.15) is 13.2 Å². The van der Waals surface area contributed by atoms with Gasteiger partial charge < -0.3 is 10.3 Å². The largest absolute Gasteiger partial charge is 0.399 e. The summed E-state index contributed by atoms with van der Waals surface area (Å²) in [5, 5.41) is 14.8. The number of aryl methyl sites for hydroxylation is 1. The maximum atomic E-state index is 12.5. The van der Waals surface area contributed by atoms with E-state index in [1.165, 1.54) is 0 Å². The van der Waals surface area contributed by atoms with Gasteiger partial charge in [0.1, 0.15) is 17.6 Å². The van der Waals surface area contributed by atoms with Crippen LogP contribution < -0.4 is 5.73 Å². The molecule has 3 N–H and O–H groups in total. The molecule has 9 heteroatoms. The predicted octanol–water partition coefficient (Wildman–Crippen LogP) is 1.33. The first kappa shape index (κ1) is 13.8. The number of hydrogen-bond donors (Lipinski definition) is 2. The molecule has 96 valence electrons. The number of nitrogens with two attached hydrogens (primary N) is 1. The van der Waals surface area contributed by atoms with Gasteiger partial charge in [-0.15, -0.1) is 10.2 Å². The third-order valence-corrected chi connectivity index (χ3v) is 3.32. The zero-order valence-electron chi connectivity index (χ0n) is 9.25. The van der Waals surface area contributed by atoms with Gasteiger partial charge in [0.15, 0.2) is 5.16 Å². The lowest BCUT2D eigenvalue weighted by molar-refractivity contribution is -0.150. The van der Waals surface area contributed by atoms with E-state index >= 15 is 0 Å². The highest BCUT2D eigenvalue weighted by Crippen LogP contribution is 2.31. The van der Waals surface area contributed by atoms with Crippen molar-refractivity contribution in [2.45, 2.75) is 18.3 Å². The lowest BCUT2D eigenvalue weighted by Crippen LogP contribution is -2.37. The lowest BCUT2D eigenvalue weighted by Gasteiger charge is -2.17. The number of halogens is 3. The minimum absolute atomic E-state index is 0.370. The standard InChI is InChI=1S/C8H12F3N5S/c1-4-14-15-7(16(4)2)17-3-5(6(12)13)8(9,10)11/h5H,3H2,1-2H3,(H3,12,13). The Morgan fingerprint density at radius 3 is 2.47 bits per heavy atom. The molecule has 0 saturated heterocycles. The minimum atomic E-state index is -4.51. The summed E-state index contributed by atoms with van der Waals surface area (Å²) < 4.78 is 39.1. The number of amidine groups is 1. The zero-order valence-corrected chi connectivity index (χ0v) is 10.1. The van der Waals surface area contributed by atoms with E-state index in [0.29, 0.717) is 11.0 Å². The van der Waals surface area contributed by atoms with Crippen molar-refractivity contribution >= 4 is 17.6 Å². The molecule has 0 radical (unpaired) electrons. The molecular weight excluding hydrogens is 255 g/mol. The first-order valence-electron chi connectivity index (χ1n) is 4.63. The van der Waals surface area contributed by atoms with Crippen LogP contribution in [0.5, 0.6) is 0 Å². The maximum Gasteiger partial charge on any atom is 0.399 e. The Morgan fingerprint density at radius 1 is 1.53 bits per heavy atom. The van der Waals surface area contributed by atoms with Crippen molar-refractivity contribution in [1.82, 2.24) is 14.8 Å². The van der Waals surface area contributed by atoms with Gasteiger partial charge in [0, 0.05) is 12.8 Å². The number of hydrogen-bond acceptors (Lipinski definition) is 4. The summed E-state index contributed by atoms with van der Waals surface area (Å²) >= 11 is 0.880. The first-order chi connectivity index (χ1) is 7.73. The Balaban J connectivity index is 2.71. The summed E-state index contributed by atoms with van der Waals surface area (Å²) in [5.41, 5.74) is 4.94. The SMILES string of the molecule is Cc1nnc(SCC(C(=N)N)C(F)(F)F)n1C. The number of rotatable bonds is 4. The molecule has 0 aromatic carbocycles. The molecule has 1 aromatic heterocycles. The van der Waals surface area contributed by atoms with Gasteiger partial charge in [0.2, 0.25) is 0 Å². The molecule has 1 heterocycles. The highest BCUT2D eigenvalue weighted by Gasteiger charge is 2.42. The molecule has 0 aliphatic heterocycles. The Bertz CT molecular complexity index is 414. The topological polar surface area (TPSA) is 80.6 Å². The van der Waals surface area contributed by atoms with E-state index in [9.17, 15) is 13.2 Å². The van der Waals surface area contributed by atoms with Gasteiger partial charge in [-0.3, -0.25) is 5.41 Å². The van der Waals surface area contributed by atoms with E-state index in [2.05, 4.69) is 10.2 Å². The summed E-state index contributed by atoms with van der Waals surface area (Å²) in [7, 11) is 1.66. The molecule has 0 spiro atoms. The van der Waals surface area contributed by atoms with Crippen LogP contribution in [0, 0.1) is 18.3 Å². The monoisotopic (exact) mass is 267 g/mol. The summed E-state index contributed by atoms with van der Waals surface area (Å²) in [4.78, 5) is 0. The predicted molar refractivity (Wildman–Crippen MR) is 57.9 cm³/mol. The van der Waals surface area contributed by atoms with Gasteiger partial charge >= 0.3 is 6.18 Å². The Hall–Kier alpha value is -1.25. The fourth-order valence-electron chi connectivity index (χ4n) is 1.03. The molecule has 17 heavy (non-hydrogen) atoms. The van der Waals surface area contributed by atoms with E-state index in [-0.39, 0.29) is 5.75 Å². The molecule has 5 nitrogen and oxygen atoms in total. The van der Waals surface area contributed by atoms with Crippen LogP contribution in [0.25, 0.3) is 0 Å². The van der Waals surface area contributed by atoms with E-state index < -0.39 is 17.9 Å². The normalized spacial score (nSPS) is 13.7. The third kappa shape index (κ3) is 3.35. The summed E-state index contributed by atoms with van der Waals surface area (Å²) in [6.07, 6.45) is -4.51. The van der Waals surface area contributed by atoms with Crippen molar-refractivity contribution in [2.24, 2.45) is 18.7 Å². The van der Waals surface area contributed by atoms with Crippen molar-refractivity contribution < 1.29 is 13.2 Å². The highest BCUT2D eigenvalue weighted by atomic mass is 32.2. The third-order valence-electron chi connectivity index (χ3n) is 2.20. The molecule has 0 bridgehead atoms. The number of alkyl halides is 3. The number of nitrogens with one attached hydrogen (secondary N) is 1.